The van der Waals surface area contributed by atoms with Gasteiger partial charge in [-0.2, -0.15) is 0 Å². The number of thiophene rings is 1. The van der Waals surface area contributed by atoms with Gasteiger partial charge in [0.2, 0.25) is 0 Å². The van der Waals surface area contributed by atoms with Gasteiger partial charge in [0.05, 0.1) is 12.6 Å². The van der Waals surface area contributed by atoms with E-state index in [0.29, 0.717) is 6.54 Å². The number of rotatable bonds is 6. The van der Waals surface area contributed by atoms with Crippen molar-refractivity contribution in [3.8, 4) is 0 Å². The summed E-state index contributed by atoms with van der Waals surface area (Å²) in [4.78, 5) is 7.55. The van der Waals surface area contributed by atoms with E-state index in [1.54, 1.807) is 30.5 Å². The van der Waals surface area contributed by atoms with Crippen molar-refractivity contribution in [3.63, 3.8) is 0 Å². The summed E-state index contributed by atoms with van der Waals surface area (Å²) in [6.45, 7) is 1.38. The number of likely N-dealkylation sites (N-methyl/N-ethyl adjacent to an activating group) is 1. The van der Waals surface area contributed by atoms with Crippen molar-refractivity contribution in [2.45, 2.75) is 12.6 Å². The van der Waals surface area contributed by atoms with E-state index >= 15 is 0 Å². The number of guanidine groups is 1. The molecule has 1 heterocycles. The van der Waals surface area contributed by atoms with Gasteiger partial charge in [0.25, 0.3) is 0 Å². The average Bonchev–Trinajstić information content (AvgIpc) is 3.03. The Bertz CT molecular complexity index is 631. The van der Waals surface area contributed by atoms with E-state index < -0.39 is 0 Å². The second-order valence-electron chi connectivity index (χ2n) is 5.42. The Labute approximate surface area is 164 Å². The Morgan fingerprint density at radius 2 is 2.04 bits per heavy atom. The summed E-state index contributed by atoms with van der Waals surface area (Å²) in [5, 5.41) is 8.65. The minimum atomic E-state index is -0.213. The minimum absolute atomic E-state index is 0. The Morgan fingerprint density at radius 1 is 1.25 bits per heavy atom. The van der Waals surface area contributed by atoms with Gasteiger partial charge in [0.1, 0.15) is 5.82 Å². The molecule has 0 aliphatic rings. The quantitative estimate of drug-likeness (QED) is 0.393. The van der Waals surface area contributed by atoms with Crippen LogP contribution in [0.25, 0.3) is 0 Å². The second-order valence-corrected chi connectivity index (χ2v) is 6.45. The van der Waals surface area contributed by atoms with E-state index in [2.05, 4.69) is 32.0 Å². The molecule has 1 unspecified atom stereocenters. The highest BCUT2D eigenvalue weighted by Crippen LogP contribution is 2.18. The van der Waals surface area contributed by atoms with Gasteiger partial charge in [-0.1, -0.05) is 18.2 Å². The summed E-state index contributed by atoms with van der Waals surface area (Å²) in [6, 6.07) is 10.9. The Kier molecular flexibility index (Phi) is 9.24. The molecule has 0 bridgehead atoms. The molecule has 0 aliphatic carbocycles. The van der Waals surface area contributed by atoms with E-state index in [-0.39, 0.29) is 35.8 Å². The van der Waals surface area contributed by atoms with Crippen molar-refractivity contribution in [2.24, 2.45) is 4.99 Å². The molecule has 1 aromatic carbocycles. The molecule has 4 nitrogen and oxygen atoms in total. The highest BCUT2D eigenvalue weighted by molar-refractivity contribution is 14.0. The Morgan fingerprint density at radius 3 is 2.62 bits per heavy atom. The molecule has 24 heavy (non-hydrogen) atoms. The number of hydrogen-bond acceptors (Lipinski definition) is 3. The van der Waals surface area contributed by atoms with Crippen LogP contribution in [0.2, 0.25) is 0 Å². The minimum Gasteiger partial charge on any atom is -0.354 e. The first-order valence-corrected chi connectivity index (χ1v) is 8.37. The second kappa shape index (κ2) is 10.6. The van der Waals surface area contributed by atoms with E-state index in [9.17, 15) is 4.39 Å². The third-order valence-corrected chi connectivity index (χ3v) is 4.43. The predicted molar refractivity (Wildman–Crippen MR) is 111 cm³/mol. The van der Waals surface area contributed by atoms with Gasteiger partial charge in [-0.15, -0.1) is 35.3 Å². The van der Waals surface area contributed by atoms with Crippen LogP contribution < -0.4 is 10.6 Å². The molecule has 0 saturated heterocycles. The molecule has 2 N–H and O–H groups in total. The lowest BCUT2D eigenvalue weighted by Crippen LogP contribution is -2.41. The first-order chi connectivity index (χ1) is 11.1. The zero-order valence-corrected chi connectivity index (χ0v) is 17.3. The standard InChI is InChI=1S/C17H23FN4S.HI/c1-19-17(20-11-15-8-5-9-23-15)21-12-16(22(2)3)13-6-4-7-14(18)10-13;/h4-10,16H,11-12H2,1-3H3,(H2,19,20,21);1H. The lowest BCUT2D eigenvalue weighted by molar-refractivity contribution is 0.297. The van der Waals surface area contributed by atoms with Crippen LogP contribution in [0.3, 0.4) is 0 Å². The molecular formula is C17H24FIN4S. The maximum absolute atomic E-state index is 13.5. The SMILES string of the molecule is CN=C(NCc1cccs1)NCC(c1cccc(F)c1)N(C)C.I. The number of hydrogen-bond donors (Lipinski definition) is 2. The molecule has 0 spiro atoms. The Balaban J connectivity index is 0.00000288. The lowest BCUT2D eigenvalue weighted by atomic mass is 10.1. The number of aliphatic imine (C=N–C) groups is 1. The van der Waals surface area contributed by atoms with Gasteiger partial charge in [-0.05, 0) is 43.2 Å². The first kappa shape index (κ1) is 20.9. The molecule has 0 fully saturated rings. The highest BCUT2D eigenvalue weighted by Gasteiger charge is 2.15. The van der Waals surface area contributed by atoms with Crippen LogP contribution in [0, 0.1) is 5.82 Å². The molecule has 7 heteroatoms. The smallest absolute Gasteiger partial charge is 0.191 e. The molecular weight excluding hydrogens is 438 g/mol. The van der Waals surface area contributed by atoms with Crippen molar-refractivity contribution in [2.75, 3.05) is 27.7 Å². The molecule has 0 radical (unpaired) electrons. The van der Waals surface area contributed by atoms with Crippen LogP contribution in [-0.2, 0) is 6.54 Å². The summed E-state index contributed by atoms with van der Waals surface area (Å²) >= 11 is 1.71. The molecule has 2 aromatic rings. The van der Waals surface area contributed by atoms with Crippen LogP contribution in [0.4, 0.5) is 4.39 Å². The van der Waals surface area contributed by atoms with Crippen molar-refractivity contribution in [3.05, 3.63) is 58.0 Å². The Hall–Kier alpha value is -1.19. The van der Waals surface area contributed by atoms with E-state index in [4.69, 9.17) is 0 Å². The topological polar surface area (TPSA) is 39.7 Å². The fraction of sp³-hybridized carbons (Fsp3) is 0.353. The van der Waals surface area contributed by atoms with Crippen molar-refractivity contribution < 1.29 is 4.39 Å². The molecule has 0 aliphatic heterocycles. The average molecular weight is 462 g/mol. The lowest BCUT2D eigenvalue weighted by Gasteiger charge is -2.26. The van der Waals surface area contributed by atoms with Crippen LogP contribution in [-0.4, -0.2) is 38.5 Å². The van der Waals surface area contributed by atoms with E-state index in [1.807, 2.05) is 26.2 Å². The van der Waals surface area contributed by atoms with Gasteiger partial charge in [-0.3, -0.25) is 4.99 Å². The molecule has 2 rings (SSSR count). The fourth-order valence-corrected chi connectivity index (χ4v) is 2.95. The van der Waals surface area contributed by atoms with Gasteiger partial charge < -0.3 is 15.5 Å². The van der Waals surface area contributed by atoms with Gasteiger partial charge in [0, 0.05) is 18.5 Å². The molecule has 132 valence electrons. The maximum atomic E-state index is 13.5. The summed E-state index contributed by atoms with van der Waals surface area (Å²) in [5.74, 6) is 0.524. The molecule has 1 atom stereocenters. The first-order valence-electron chi connectivity index (χ1n) is 7.49. The largest absolute Gasteiger partial charge is 0.354 e. The maximum Gasteiger partial charge on any atom is 0.191 e. The summed E-state index contributed by atoms with van der Waals surface area (Å²) in [6.07, 6.45) is 0. The van der Waals surface area contributed by atoms with Crippen molar-refractivity contribution >= 4 is 41.3 Å². The zero-order chi connectivity index (χ0) is 16.7. The third-order valence-electron chi connectivity index (χ3n) is 3.55. The van der Waals surface area contributed by atoms with Crippen LogP contribution in [0.5, 0.6) is 0 Å². The van der Waals surface area contributed by atoms with Crippen LogP contribution >= 0.6 is 35.3 Å². The zero-order valence-electron chi connectivity index (χ0n) is 14.1. The van der Waals surface area contributed by atoms with E-state index in [1.165, 1.54) is 10.9 Å². The highest BCUT2D eigenvalue weighted by atomic mass is 127. The van der Waals surface area contributed by atoms with Gasteiger partial charge in [-0.25, -0.2) is 4.39 Å². The predicted octanol–water partition coefficient (Wildman–Crippen LogP) is 3.47. The van der Waals surface area contributed by atoms with Crippen LogP contribution in [0.15, 0.2) is 46.8 Å². The van der Waals surface area contributed by atoms with Gasteiger partial charge in [0.15, 0.2) is 5.96 Å². The third kappa shape index (κ3) is 6.37. The molecule has 0 amide bonds. The number of nitrogens with one attached hydrogen (secondary N) is 2. The summed E-state index contributed by atoms with van der Waals surface area (Å²) < 4.78 is 13.5. The van der Waals surface area contributed by atoms with E-state index in [0.717, 1.165) is 18.1 Å². The van der Waals surface area contributed by atoms with Crippen LogP contribution in [0.1, 0.15) is 16.5 Å². The normalized spacial score (nSPS) is 12.6. The van der Waals surface area contributed by atoms with Crippen molar-refractivity contribution in [1.29, 1.82) is 0 Å². The summed E-state index contributed by atoms with van der Waals surface area (Å²) in [5.41, 5.74) is 0.941. The monoisotopic (exact) mass is 462 g/mol. The number of nitrogens with zero attached hydrogens (tertiary/aromatic N) is 2. The number of halogens is 2. The summed E-state index contributed by atoms with van der Waals surface area (Å²) in [7, 11) is 5.72. The van der Waals surface area contributed by atoms with Gasteiger partial charge >= 0.3 is 0 Å². The van der Waals surface area contributed by atoms with Crippen molar-refractivity contribution in [1.82, 2.24) is 15.5 Å². The molecule has 0 saturated carbocycles. The molecule has 1 aromatic heterocycles. The fourth-order valence-electron chi connectivity index (χ4n) is 2.31. The number of benzene rings is 1.